The molecular formula is C8H11FN2. The predicted octanol–water partition coefficient (Wildman–Crippen LogP) is 1.63. The van der Waals surface area contributed by atoms with Crippen LogP contribution in [0.5, 0.6) is 0 Å². The summed E-state index contributed by atoms with van der Waals surface area (Å²) >= 11 is 0. The van der Waals surface area contributed by atoms with Gasteiger partial charge >= 0.3 is 0 Å². The first-order valence-corrected chi connectivity index (χ1v) is 3.62. The molecule has 60 valence electrons. The van der Waals surface area contributed by atoms with E-state index >= 15 is 0 Å². The van der Waals surface area contributed by atoms with Gasteiger partial charge in [0, 0.05) is 6.04 Å². The van der Waals surface area contributed by atoms with E-state index in [4.69, 9.17) is 5.73 Å². The maximum Gasteiger partial charge on any atom is 0.213 e. The summed E-state index contributed by atoms with van der Waals surface area (Å²) in [6.07, 6.45) is 0.774. The fourth-order valence-corrected chi connectivity index (χ4v) is 0.840. The molecule has 0 fully saturated rings. The summed E-state index contributed by atoms with van der Waals surface area (Å²) in [6.45, 7) is 1.94. The van der Waals surface area contributed by atoms with Crippen molar-refractivity contribution in [2.24, 2.45) is 5.73 Å². The van der Waals surface area contributed by atoms with Crippen molar-refractivity contribution in [1.29, 1.82) is 0 Å². The van der Waals surface area contributed by atoms with Gasteiger partial charge in [0.15, 0.2) is 0 Å². The Bertz CT molecular complexity index is 237. The number of halogens is 1. The monoisotopic (exact) mass is 154 g/mol. The van der Waals surface area contributed by atoms with Gasteiger partial charge in [-0.3, -0.25) is 0 Å². The molecule has 1 atom stereocenters. The number of hydrogen-bond acceptors (Lipinski definition) is 2. The molecule has 1 aromatic rings. The number of rotatable bonds is 2. The number of nitrogens with zero attached hydrogens (tertiary/aromatic N) is 1. The summed E-state index contributed by atoms with van der Waals surface area (Å²) in [6, 6.07) is 4.52. The van der Waals surface area contributed by atoms with E-state index in [0.717, 1.165) is 6.42 Å². The quantitative estimate of drug-likeness (QED) is 0.657. The van der Waals surface area contributed by atoms with Crippen LogP contribution >= 0.6 is 0 Å². The van der Waals surface area contributed by atoms with Crippen molar-refractivity contribution in [3.63, 3.8) is 0 Å². The van der Waals surface area contributed by atoms with Crippen molar-refractivity contribution in [1.82, 2.24) is 4.98 Å². The fourth-order valence-electron chi connectivity index (χ4n) is 0.840. The Morgan fingerprint density at radius 3 is 2.91 bits per heavy atom. The van der Waals surface area contributed by atoms with Crippen LogP contribution < -0.4 is 5.73 Å². The zero-order chi connectivity index (χ0) is 8.27. The largest absolute Gasteiger partial charge is 0.323 e. The minimum absolute atomic E-state index is 0.147. The SMILES string of the molecule is CC[C@@H](N)c1cccc(F)n1. The molecule has 2 N–H and O–H groups in total. The van der Waals surface area contributed by atoms with Crippen molar-refractivity contribution >= 4 is 0 Å². The molecule has 0 aliphatic rings. The Kier molecular flexibility index (Phi) is 2.54. The van der Waals surface area contributed by atoms with Gasteiger partial charge in [-0.25, -0.2) is 4.98 Å². The summed E-state index contributed by atoms with van der Waals surface area (Å²) < 4.78 is 12.5. The first kappa shape index (κ1) is 8.14. The highest BCUT2D eigenvalue weighted by Gasteiger charge is 2.04. The lowest BCUT2D eigenvalue weighted by Crippen LogP contribution is -2.10. The van der Waals surface area contributed by atoms with Crippen molar-refractivity contribution in [3.05, 3.63) is 29.8 Å². The molecule has 0 aliphatic carbocycles. The summed E-state index contributed by atoms with van der Waals surface area (Å²) in [5, 5.41) is 0. The standard InChI is InChI=1S/C8H11FN2/c1-2-6(10)7-4-3-5-8(9)11-7/h3-6H,2,10H2,1H3/t6-/m1/s1. The summed E-state index contributed by atoms with van der Waals surface area (Å²) in [4.78, 5) is 3.65. The highest BCUT2D eigenvalue weighted by atomic mass is 19.1. The van der Waals surface area contributed by atoms with Gasteiger partial charge in [-0.1, -0.05) is 13.0 Å². The van der Waals surface area contributed by atoms with Crippen LogP contribution in [0.25, 0.3) is 0 Å². The second kappa shape index (κ2) is 3.44. The molecule has 0 saturated heterocycles. The topological polar surface area (TPSA) is 38.9 Å². The van der Waals surface area contributed by atoms with Crippen LogP contribution in [0, 0.1) is 5.95 Å². The second-order valence-corrected chi connectivity index (χ2v) is 2.40. The third-order valence-corrected chi connectivity index (χ3v) is 1.56. The smallest absolute Gasteiger partial charge is 0.213 e. The fraction of sp³-hybridized carbons (Fsp3) is 0.375. The Morgan fingerprint density at radius 2 is 2.36 bits per heavy atom. The molecule has 0 amide bonds. The van der Waals surface area contributed by atoms with E-state index in [-0.39, 0.29) is 6.04 Å². The van der Waals surface area contributed by atoms with Gasteiger partial charge in [-0.2, -0.15) is 4.39 Å². The van der Waals surface area contributed by atoms with E-state index in [1.54, 1.807) is 12.1 Å². The molecule has 0 aliphatic heterocycles. The van der Waals surface area contributed by atoms with E-state index in [1.165, 1.54) is 6.07 Å². The molecule has 3 heteroatoms. The molecule has 1 rings (SSSR count). The lowest BCUT2D eigenvalue weighted by Gasteiger charge is -2.06. The van der Waals surface area contributed by atoms with Crippen molar-refractivity contribution in [3.8, 4) is 0 Å². The number of aromatic nitrogens is 1. The summed E-state index contributed by atoms with van der Waals surface area (Å²) in [7, 11) is 0. The minimum atomic E-state index is -0.466. The molecular weight excluding hydrogens is 143 g/mol. The lowest BCUT2D eigenvalue weighted by molar-refractivity contribution is 0.561. The van der Waals surface area contributed by atoms with E-state index in [0.29, 0.717) is 5.69 Å². The van der Waals surface area contributed by atoms with E-state index in [2.05, 4.69) is 4.98 Å². The number of nitrogens with two attached hydrogens (primary N) is 1. The molecule has 1 aromatic heterocycles. The predicted molar refractivity (Wildman–Crippen MR) is 41.4 cm³/mol. The third kappa shape index (κ3) is 1.98. The molecule has 2 nitrogen and oxygen atoms in total. The molecule has 11 heavy (non-hydrogen) atoms. The van der Waals surface area contributed by atoms with Gasteiger partial charge in [0.25, 0.3) is 0 Å². The number of pyridine rings is 1. The van der Waals surface area contributed by atoms with Crippen LogP contribution in [0.1, 0.15) is 25.1 Å². The average molecular weight is 154 g/mol. The van der Waals surface area contributed by atoms with E-state index < -0.39 is 5.95 Å². The molecule has 1 heterocycles. The molecule has 0 spiro atoms. The molecule has 0 saturated carbocycles. The van der Waals surface area contributed by atoms with Crippen LogP contribution in [0.2, 0.25) is 0 Å². The first-order valence-electron chi connectivity index (χ1n) is 3.62. The zero-order valence-electron chi connectivity index (χ0n) is 6.42. The van der Waals surface area contributed by atoms with E-state index in [1.807, 2.05) is 6.92 Å². The van der Waals surface area contributed by atoms with Gasteiger partial charge < -0.3 is 5.73 Å². The van der Waals surface area contributed by atoms with Gasteiger partial charge in [-0.05, 0) is 18.6 Å². The molecule has 0 unspecified atom stereocenters. The van der Waals surface area contributed by atoms with Gasteiger partial charge in [0.2, 0.25) is 5.95 Å². The Labute approximate surface area is 65.3 Å². The second-order valence-electron chi connectivity index (χ2n) is 2.40. The summed E-state index contributed by atoms with van der Waals surface area (Å²) in [5.74, 6) is -0.466. The molecule has 0 bridgehead atoms. The Morgan fingerprint density at radius 1 is 1.64 bits per heavy atom. The van der Waals surface area contributed by atoms with Crippen LogP contribution in [-0.2, 0) is 0 Å². The number of hydrogen-bond donors (Lipinski definition) is 1. The van der Waals surface area contributed by atoms with Crippen LogP contribution in [0.15, 0.2) is 18.2 Å². The van der Waals surface area contributed by atoms with E-state index in [9.17, 15) is 4.39 Å². The Hall–Kier alpha value is -0.960. The first-order chi connectivity index (χ1) is 5.24. The maximum absolute atomic E-state index is 12.5. The van der Waals surface area contributed by atoms with Crippen LogP contribution in [0.3, 0.4) is 0 Å². The van der Waals surface area contributed by atoms with Gasteiger partial charge in [0.1, 0.15) is 0 Å². The molecule has 0 radical (unpaired) electrons. The highest BCUT2D eigenvalue weighted by Crippen LogP contribution is 2.09. The minimum Gasteiger partial charge on any atom is -0.323 e. The zero-order valence-corrected chi connectivity index (χ0v) is 6.42. The average Bonchev–Trinajstić information content (AvgIpc) is 2.03. The highest BCUT2D eigenvalue weighted by molar-refractivity contribution is 5.08. The maximum atomic E-state index is 12.5. The van der Waals surface area contributed by atoms with Gasteiger partial charge in [0.05, 0.1) is 5.69 Å². The van der Waals surface area contributed by atoms with Crippen molar-refractivity contribution < 1.29 is 4.39 Å². The van der Waals surface area contributed by atoms with Gasteiger partial charge in [-0.15, -0.1) is 0 Å². The third-order valence-electron chi connectivity index (χ3n) is 1.56. The lowest BCUT2D eigenvalue weighted by atomic mass is 10.1. The normalized spacial score (nSPS) is 13.0. The van der Waals surface area contributed by atoms with Crippen molar-refractivity contribution in [2.75, 3.05) is 0 Å². The molecule has 0 aromatic carbocycles. The Balaban J connectivity index is 2.86. The van der Waals surface area contributed by atoms with Crippen LogP contribution in [-0.4, -0.2) is 4.98 Å². The van der Waals surface area contributed by atoms with Crippen molar-refractivity contribution in [2.45, 2.75) is 19.4 Å². The summed E-state index contributed by atoms with van der Waals surface area (Å²) in [5.41, 5.74) is 6.25. The van der Waals surface area contributed by atoms with Crippen LogP contribution in [0.4, 0.5) is 4.39 Å².